The Labute approximate surface area is 227 Å². The van der Waals surface area contributed by atoms with Gasteiger partial charge in [0.25, 0.3) is 0 Å². The van der Waals surface area contributed by atoms with Crippen molar-refractivity contribution in [1.29, 1.82) is 0 Å². The summed E-state index contributed by atoms with van der Waals surface area (Å²) in [7, 11) is 5.08. The third kappa shape index (κ3) is 3.65. The molecule has 0 N–H and O–H groups in total. The molecule has 5 heteroatoms. The maximum Gasteiger partial charge on any atom is 0.308 e. The van der Waals surface area contributed by atoms with Crippen molar-refractivity contribution in [3.05, 3.63) is 119 Å². The maximum absolute atomic E-state index is 11.6. The first kappa shape index (κ1) is 24.6. The SMILES string of the molecule is COc1ccc(C2(c3ccc(OC(C)=O)cc3)c3cccc(OC)c3-c3c2ccc2c(OC)cccc32)cc1. The van der Waals surface area contributed by atoms with Crippen LogP contribution < -0.4 is 18.9 Å². The first-order valence-electron chi connectivity index (χ1n) is 12.7. The van der Waals surface area contributed by atoms with Crippen LogP contribution in [0, 0.1) is 0 Å². The molecule has 194 valence electrons. The molecule has 0 spiro atoms. The van der Waals surface area contributed by atoms with E-state index in [-0.39, 0.29) is 5.97 Å². The minimum absolute atomic E-state index is 0.352. The summed E-state index contributed by atoms with van der Waals surface area (Å²) in [6.45, 7) is 1.40. The highest BCUT2D eigenvalue weighted by Crippen LogP contribution is 2.60. The molecule has 0 saturated carbocycles. The molecule has 1 unspecified atom stereocenters. The Bertz CT molecular complexity index is 1700. The number of benzene rings is 5. The van der Waals surface area contributed by atoms with Gasteiger partial charge in [-0.1, -0.05) is 60.7 Å². The average molecular weight is 517 g/mol. The quantitative estimate of drug-likeness (QED) is 0.174. The number of esters is 1. The maximum atomic E-state index is 11.6. The highest BCUT2D eigenvalue weighted by molar-refractivity contribution is 6.07. The molecule has 5 nitrogen and oxygen atoms in total. The van der Waals surface area contributed by atoms with Gasteiger partial charge in [0, 0.05) is 17.9 Å². The van der Waals surface area contributed by atoms with Gasteiger partial charge in [-0.3, -0.25) is 4.79 Å². The van der Waals surface area contributed by atoms with Gasteiger partial charge in [0.05, 0.1) is 26.7 Å². The Hall–Kier alpha value is -4.77. The lowest BCUT2D eigenvalue weighted by atomic mass is 9.67. The lowest BCUT2D eigenvalue weighted by molar-refractivity contribution is -0.131. The highest BCUT2D eigenvalue weighted by Gasteiger charge is 2.48. The third-order valence-corrected chi connectivity index (χ3v) is 7.62. The number of hydrogen-bond donors (Lipinski definition) is 0. The van der Waals surface area contributed by atoms with Crippen LogP contribution in [0.2, 0.25) is 0 Å². The van der Waals surface area contributed by atoms with Gasteiger partial charge in [0.1, 0.15) is 23.0 Å². The largest absolute Gasteiger partial charge is 0.497 e. The van der Waals surface area contributed by atoms with E-state index in [9.17, 15) is 4.79 Å². The molecule has 0 saturated heterocycles. The smallest absolute Gasteiger partial charge is 0.308 e. The predicted octanol–water partition coefficient (Wildman–Crippen LogP) is 7.15. The number of carbonyl (C=O) groups excluding carboxylic acids is 1. The van der Waals surface area contributed by atoms with E-state index in [0.717, 1.165) is 61.4 Å². The molecule has 39 heavy (non-hydrogen) atoms. The van der Waals surface area contributed by atoms with Gasteiger partial charge in [-0.2, -0.15) is 0 Å². The van der Waals surface area contributed by atoms with Crippen LogP contribution in [0.15, 0.2) is 97.1 Å². The topological polar surface area (TPSA) is 54.0 Å². The molecule has 1 aliphatic rings. The summed E-state index contributed by atoms with van der Waals surface area (Å²) in [6, 6.07) is 32.7. The fourth-order valence-electron chi connectivity index (χ4n) is 6.07. The molecule has 0 aliphatic heterocycles. The molecule has 0 bridgehead atoms. The molecular weight excluding hydrogens is 488 g/mol. The van der Waals surface area contributed by atoms with E-state index in [1.807, 2.05) is 60.7 Å². The highest BCUT2D eigenvalue weighted by atomic mass is 16.5. The van der Waals surface area contributed by atoms with E-state index in [1.54, 1.807) is 21.3 Å². The number of hydrogen-bond acceptors (Lipinski definition) is 5. The number of carbonyl (C=O) groups is 1. The van der Waals surface area contributed by atoms with E-state index in [2.05, 4.69) is 36.4 Å². The van der Waals surface area contributed by atoms with Crippen LogP contribution in [0.25, 0.3) is 21.9 Å². The predicted molar refractivity (Wildman–Crippen MR) is 152 cm³/mol. The first-order valence-corrected chi connectivity index (χ1v) is 12.7. The van der Waals surface area contributed by atoms with E-state index < -0.39 is 5.41 Å². The number of methoxy groups -OCH3 is 3. The zero-order chi connectivity index (χ0) is 27.1. The van der Waals surface area contributed by atoms with Crippen LogP contribution in [0.3, 0.4) is 0 Å². The Morgan fingerprint density at radius 3 is 1.77 bits per heavy atom. The molecule has 0 fully saturated rings. The van der Waals surface area contributed by atoms with Crippen LogP contribution in [-0.4, -0.2) is 27.3 Å². The van der Waals surface area contributed by atoms with Crippen molar-refractivity contribution in [3.63, 3.8) is 0 Å². The third-order valence-electron chi connectivity index (χ3n) is 7.62. The number of rotatable bonds is 6. The molecule has 5 aromatic rings. The molecule has 1 atom stereocenters. The molecule has 0 amide bonds. The Morgan fingerprint density at radius 2 is 1.15 bits per heavy atom. The fourth-order valence-corrected chi connectivity index (χ4v) is 6.07. The summed E-state index contributed by atoms with van der Waals surface area (Å²) in [5.41, 5.74) is 5.86. The monoisotopic (exact) mass is 516 g/mol. The summed E-state index contributed by atoms with van der Waals surface area (Å²) in [6.07, 6.45) is 0. The van der Waals surface area contributed by atoms with Gasteiger partial charge in [-0.05, 0) is 69.6 Å². The summed E-state index contributed by atoms with van der Waals surface area (Å²) in [5.74, 6) is 2.56. The minimum Gasteiger partial charge on any atom is -0.497 e. The first-order chi connectivity index (χ1) is 19.0. The summed E-state index contributed by atoms with van der Waals surface area (Å²) in [5, 5.41) is 2.12. The lowest BCUT2D eigenvalue weighted by Crippen LogP contribution is -2.28. The molecule has 0 aromatic heterocycles. The molecule has 0 heterocycles. The Balaban J connectivity index is 1.76. The van der Waals surface area contributed by atoms with Crippen molar-refractivity contribution in [3.8, 4) is 34.1 Å². The summed E-state index contributed by atoms with van der Waals surface area (Å²) >= 11 is 0. The summed E-state index contributed by atoms with van der Waals surface area (Å²) < 4.78 is 22.6. The second-order valence-electron chi connectivity index (χ2n) is 9.52. The normalized spacial score (nSPS) is 15.4. The van der Waals surface area contributed by atoms with Crippen molar-refractivity contribution < 1.29 is 23.7 Å². The van der Waals surface area contributed by atoms with Gasteiger partial charge in [-0.15, -0.1) is 0 Å². The van der Waals surface area contributed by atoms with Gasteiger partial charge >= 0.3 is 5.97 Å². The van der Waals surface area contributed by atoms with Crippen molar-refractivity contribution >= 4 is 16.7 Å². The second kappa shape index (κ2) is 9.52. The zero-order valence-corrected chi connectivity index (χ0v) is 22.3. The van der Waals surface area contributed by atoms with Crippen molar-refractivity contribution in [2.45, 2.75) is 12.3 Å². The second-order valence-corrected chi connectivity index (χ2v) is 9.52. The van der Waals surface area contributed by atoms with E-state index in [1.165, 1.54) is 6.92 Å². The van der Waals surface area contributed by atoms with Crippen LogP contribution in [0.1, 0.15) is 29.2 Å². The molecule has 0 radical (unpaired) electrons. The molecule has 1 aliphatic carbocycles. The van der Waals surface area contributed by atoms with Crippen LogP contribution in [0.4, 0.5) is 0 Å². The Kier molecular flexibility index (Phi) is 5.99. The Morgan fingerprint density at radius 1 is 0.564 bits per heavy atom. The molecule has 5 aromatic carbocycles. The van der Waals surface area contributed by atoms with E-state index in [4.69, 9.17) is 18.9 Å². The van der Waals surface area contributed by atoms with Crippen LogP contribution >= 0.6 is 0 Å². The number of ether oxygens (including phenoxy) is 4. The molecule has 6 rings (SSSR count). The van der Waals surface area contributed by atoms with E-state index >= 15 is 0 Å². The van der Waals surface area contributed by atoms with Crippen molar-refractivity contribution in [2.24, 2.45) is 0 Å². The zero-order valence-electron chi connectivity index (χ0n) is 22.3. The molecular formula is C34H28O5. The van der Waals surface area contributed by atoms with Crippen molar-refractivity contribution in [2.75, 3.05) is 21.3 Å². The van der Waals surface area contributed by atoms with Crippen molar-refractivity contribution in [1.82, 2.24) is 0 Å². The van der Waals surface area contributed by atoms with Gasteiger partial charge in [0.2, 0.25) is 0 Å². The van der Waals surface area contributed by atoms with Gasteiger partial charge in [0.15, 0.2) is 0 Å². The standard InChI is InChI=1S/C34H28O5/c1-21(35)39-25-17-13-23(14-18-25)34(22-11-15-24(36-2)16-12-22)28-8-6-10-31(38-4)33(28)32-27-7-5-9-30(37-3)26(27)19-20-29(32)34/h5-20H,1-4H3. The fraction of sp³-hybridized carbons (Fsp3) is 0.147. The van der Waals surface area contributed by atoms with Crippen LogP contribution in [-0.2, 0) is 10.2 Å². The van der Waals surface area contributed by atoms with Gasteiger partial charge in [-0.25, -0.2) is 0 Å². The van der Waals surface area contributed by atoms with E-state index in [0.29, 0.717) is 5.75 Å². The minimum atomic E-state index is -0.669. The lowest BCUT2D eigenvalue weighted by Gasteiger charge is -2.34. The van der Waals surface area contributed by atoms with Crippen LogP contribution in [0.5, 0.6) is 23.0 Å². The number of fused-ring (bicyclic) bond motifs is 5. The summed E-state index contributed by atoms with van der Waals surface area (Å²) in [4.78, 5) is 11.6. The average Bonchev–Trinajstić information content (AvgIpc) is 3.28. The van der Waals surface area contributed by atoms with Gasteiger partial charge < -0.3 is 18.9 Å².